The summed E-state index contributed by atoms with van der Waals surface area (Å²) >= 11 is 0. The van der Waals surface area contributed by atoms with E-state index in [1.54, 1.807) is 11.1 Å². The van der Waals surface area contributed by atoms with Crippen molar-refractivity contribution in [3.63, 3.8) is 0 Å². The van der Waals surface area contributed by atoms with E-state index in [-0.39, 0.29) is 17.7 Å². The van der Waals surface area contributed by atoms with Gasteiger partial charge in [-0.25, -0.2) is 0 Å². The van der Waals surface area contributed by atoms with Crippen LogP contribution in [-0.4, -0.2) is 59.4 Å². The molecule has 1 aromatic heterocycles. The van der Waals surface area contributed by atoms with E-state index in [4.69, 9.17) is 4.74 Å². The predicted molar refractivity (Wildman–Crippen MR) is 93.6 cm³/mol. The maximum Gasteiger partial charge on any atom is 0.227 e. The fraction of sp³-hybridized carbons (Fsp3) is 0.632. The summed E-state index contributed by atoms with van der Waals surface area (Å²) in [4.78, 5) is 33.2. The molecule has 0 unspecified atom stereocenters. The van der Waals surface area contributed by atoms with Crippen LogP contribution in [0.15, 0.2) is 24.4 Å². The normalized spacial score (nSPS) is 21.6. The van der Waals surface area contributed by atoms with Crippen molar-refractivity contribution in [2.75, 3.05) is 32.8 Å². The zero-order valence-corrected chi connectivity index (χ0v) is 14.9. The molecule has 0 aliphatic carbocycles. The molecule has 3 heterocycles. The average molecular weight is 345 g/mol. The largest absolute Gasteiger partial charge is 0.381 e. The van der Waals surface area contributed by atoms with Gasteiger partial charge in [-0.15, -0.1) is 0 Å². The van der Waals surface area contributed by atoms with Gasteiger partial charge in [0, 0.05) is 45.5 Å². The summed E-state index contributed by atoms with van der Waals surface area (Å²) < 4.78 is 5.40. The minimum atomic E-state index is -0.226. The van der Waals surface area contributed by atoms with Crippen molar-refractivity contribution in [3.05, 3.63) is 30.1 Å². The Labute approximate surface area is 149 Å². The zero-order valence-electron chi connectivity index (χ0n) is 14.9. The van der Waals surface area contributed by atoms with Gasteiger partial charge in [0.05, 0.1) is 18.2 Å². The van der Waals surface area contributed by atoms with Crippen LogP contribution >= 0.6 is 0 Å². The number of hydrogen-bond donors (Lipinski definition) is 0. The lowest BCUT2D eigenvalue weighted by molar-refractivity contribution is -0.136. The van der Waals surface area contributed by atoms with Crippen molar-refractivity contribution in [3.8, 4) is 0 Å². The fourth-order valence-corrected chi connectivity index (χ4v) is 3.65. The Morgan fingerprint density at radius 2 is 2.16 bits per heavy atom. The number of hydrogen-bond acceptors (Lipinski definition) is 4. The van der Waals surface area contributed by atoms with Crippen molar-refractivity contribution in [1.82, 2.24) is 14.8 Å². The molecule has 0 aromatic carbocycles. The fourth-order valence-electron chi connectivity index (χ4n) is 3.65. The highest BCUT2D eigenvalue weighted by Crippen LogP contribution is 2.23. The third-order valence-electron chi connectivity index (χ3n) is 5.16. The van der Waals surface area contributed by atoms with Crippen LogP contribution in [0.1, 0.15) is 31.9 Å². The van der Waals surface area contributed by atoms with Crippen LogP contribution in [0, 0.1) is 11.8 Å². The zero-order chi connectivity index (χ0) is 17.6. The van der Waals surface area contributed by atoms with Crippen LogP contribution in [0.2, 0.25) is 0 Å². The minimum absolute atomic E-state index is 0.0473. The first kappa shape index (κ1) is 17.9. The standard InChI is InChI=1S/C19H27N3O3/c1-2-21(12-15-6-9-25-10-7-15)19(24)16-11-18(23)22(13-16)14-17-5-3-4-8-20-17/h3-5,8,15-16H,2,6-7,9-14H2,1H3/t16-/m1/s1. The summed E-state index contributed by atoms with van der Waals surface area (Å²) in [6.45, 7) is 6.05. The SMILES string of the molecule is CCN(CC1CCOCC1)C(=O)[C@@H]1CC(=O)N(Cc2ccccn2)C1. The first-order valence-electron chi connectivity index (χ1n) is 9.21. The molecule has 0 spiro atoms. The minimum Gasteiger partial charge on any atom is -0.381 e. The summed E-state index contributed by atoms with van der Waals surface area (Å²) in [5.74, 6) is 0.451. The van der Waals surface area contributed by atoms with Crippen molar-refractivity contribution in [1.29, 1.82) is 0 Å². The van der Waals surface area contributed by atoms with Crippen LogP contribution in [0.3, 0.4) is 0 Å². The second-order valence-corrected chi connectivity index (χ2v) is 6.93. The molecule has 3 rings (SSSR count). The first-order valence-corrected chi connectivity index (χ1v) is 9.21. The third kappa shape index (κ3) is 4.57. The maximum absolute atomic E-state index is 12.9. The lowest BCUT2D eigenvalue weighted by Gasteiger charge is -2.30. The number of likely N-dealkylation sites (tertiary alicyclic amines) is 1. The molecule has 2 amide bonds. The molecular formula is C19H27N3O3. The van der Waals surface area contributed by atoms with Gasteiger partial charge < -0.3 is 14.5 Å². The Bertz CT molecular complexity index is 587. The molecule has 136 valence electrons. The van der Waals surface area contributed by atoms with Crippen LogP contribution in [0.5, 0.6) is 0 Å². The van der Waals surface area contributed by atoms with Crippen LogP contribution < -0.4 is 0 Å². The smallest absolute Gasteiger partial charge is 0.227 e. The monoisotopic (exact) mass is 345 g/mol. The Morgan fingerprint density at radius 1 is 1.36 bits per heavy atom. The molecule has 0 saturated carbocycles. The molecule has 1 atom stereocenters. The van der Waals surface area contributed by atoms with Gasteiger partial charge in [-0.05, 0) is 37.8 Å². The van der Waals surface area contributed by atoms with Crippen LogP contribution in [0.25, 0.3) is 0 Å². The summed E-state index contributed by atoms with van der Waals surface area (Å²) in [5, 5.41) is 0. The topological polar surface area (TPSA) is 62.7 Å². The second kappa shape index (κ2) is 8.43. The van der Waals surface area contributed by atoms with Gasteiger partial charge in [-0.3, -0.25) is 14.6 Å². The number of amides is 2. The Hall–Kier alpha value is -1.95. The molecule has 2 fully saturated rings. The molecule has 6 heteroatoms. The van der Waals surface area contributed by atoms with Gasteiger partial charge >= 0.3 is 0 Å². The number of aromatic nitrogens is 1. The van der Waals surface area contributed by atoms with Crippen LogP contribution in [0.4, 0.5) is 0 Å². The molecule has 0 bridgehead atoms. The predicted octanol–water partition coefficient (Wildman–Crippen LogP) is 1.71. The third-order valence-corrected chi connectivity index (χ3v) is 5.16. The van der Waals surface area contributed by atoms with E-state index in [1.807, 2.05) is 30.0 Å². The van der Waals surface area contributed by atoms with Crippen molar-refractivity contribution < 1.29 is 14.3 Å². The number of carbonyl (C=O) groups excluding carboxylic acids is 2. The Kier molecular flexibility index (Phi) is 6.02. The van der Waals surface area contributed by atoms with Crippen LogP contribution in [-0.2, 0) is 20.9 Å². The van der Waals surface area contributed by atoms with E-state index >= 15 is 0 Å². The Morgan fingerprint density at radius 3 is 2.84 bits per heavy atom. The summed E-state index contributed by atoms with van der Waals surface area (Å²) in [6, 6.07) is 5.68. The lowest BCUT2D eigenvalue weighted by Crippen LogP contribution is -2.41. The second-order valence-electron chi connectivity index (χ2n) is 6.93. The molecule has 2 aliphatic heterocycles. The van der Waals surface area contributed by atoms with E-state index in [2.05, 4.69) is 4.98 Å². The van der Waals surface area contributed by atoms with E-state index < -0.39 is 0 Å². The number of pyridine rings is 1. The van der Waals surface area contributed by atoms with Crippen molar-refractivity contribution in [2.24, 2.45) is 11.8 Å². The van der Waals surface area contributed by atoms with Crippen molar-refractivity contribution >= 4 is 11.8 Å². The van der Waals surface area contributed by atoms with E-state index in [0.29, 0.717) is 32.0 Å². The Balaban J connectivity index is 1.57. The van der Waals surface area contributed by atoms with Gasteiger partial charge in [0.15, 0.2) is 0 Å². The van der Waals surface area contributed by atoms with E-state index in [0.717, 1.165) is 38.3 Å². The lowest BCUT2D eigenvalue weighted by atomic mass is 9.98. The molecule has 0 N–H and O–H groups in total. The maximum atomic E-state index is 12.9. The molecule has 0 radical (unpaired) electrons. The first-order chi connectivity index (χ1) is 12.2. The quantitative estimate of drug-likeness (QED) is 0.787. The number of nitrogens with zero attached hydrogens (tertiary/aromatic N) is 3. The van der Waals surface area contributed by atoms with Gasteiger partial charge in [0.2, 0.25) is 11.8 Å². The molecule has 25 heavy (non-hydrogen) atoms. The molecule has 2 saturated heterocycles. The molecule has 1 aromatic rings. The molecule has 6 nitrogen and oxygen atoms in total. The van der Waals surface area contributed by atoms with Gasteiger partial charge in [0.1, 0.15) is 0 Å². The molecule has 2 aliphatic rings. The highest BCUT2D eigenvalue weighted by atomic mass is 16.5. The summed E-state index contributed by atoms with van der Waals surface area (Å²) in [7, 11) is 0. The number of carbonyl (C=O) groups is 2. The highest BCUT2D eigenvalue weighted by molar-refractivity contribution is 5.89. The van der Waals surface area contributed by atoms with Gasteiger partial charge in [-0.1, -0.05) is 6.07 Å². The van der Waals surface area contributed by atoms with E-state index in [1.165, 1.54) is 0 Å². The number of rotatable bonds is 6. The van der Waals surface area contributed by atoms with Gasteiger partial charge in [0.25, 0.3) is 0 Å². The van der Waals surface area contributed by atoms with Gasteiger partial charge in [-0.2, -0.15) is 0 Å². The van der Waals surface area contributed by atoms with Crippen molar-refractivity contribution in [2.45, 2.75) is 32.7 Å². The van der Waals surface area contributed by atoms with E-state index in [9.17, 15) is 9.59 Å². The average Bonchev–Trinajstić information content (AvgIpc) is 3.01. The highest BCUT2D eigenvalue weighted by Gasteiger charge is 2.36. The summed E-state index contributed by atoms with van der Waals surface area (Å²) in [6.07, 6.45) is 4.07. The summed E-state index contributed by atoms with van der Waals surface area (Å²) in [5.41, 5.74) is 0.860. The molecular weight excluding hydrogens is 318 g/mol. The number of ether oxygens (including phenoxy) is 1.